The summed E-state index contributed by atoms with van der Waals surface area (Å²) in [4.78, 5) is 14.2. The number of carbonyl (C=O) groups is 1. The van der Waals surface area contributed by atoms with Crippen molar-refractivity contribution in [3.05, 3.63) is 23.8 Å². The Morgan fingerprint density at radius 1 is 1.32 bits per heavy atom. The molecule has 0 spiro atoms. The summed E-state index contributed by atoms with van der Waals surface area (Å²) in [5, 5.41) is 2.93. The number of rotatable bonds is 7. The van der Waals surface area contributed by atoms with Gasteiger partial charge in [0.25, 0.3) is 0 Å². The van der Waals surface area contributed by atoms with E-state index in [-0.39, 0.29) is 5.91 Å². The van der Waals surface area contributed by atoms with Crippen LogP contribution in [0.1, 0.15) is 32.3 Å². The molecule has 106 valence electrons. The van der Waals surface area contributed by atoms with Crippen LogP contribution in [0.25, 0.3) is 0 Å². The summed E-state index contributed by atoms with van der Waals surface area (Å²) in [6, 6.07) is 5.58. The molecule has 0 aliphatic carbocycles. The van der Waals surface area contributed by atoms with Crippen LogP contribution in [0.3, 0.4) is 0 Å². The molecular weight excluding hydrogens is 238 g/mol. The summed E-state index contributed by atoms with van der Waals surface area (Å²) in [5.74, 6) is 0.0447. The minimum atomic E-state index is 0.0447. The van der Waals surface area contributed by atoms with Crippen LogP contribution in [0.4, 0.5) is 11.4 Å². The van der Waals surface area contributed by atoms with E-state index < -0.39 is 0 Å². The normalized spacial score (nSPS) is 10.7. The molecule has 1 amide bonds. The molecule has 19 heavy (non-hydrogen) atoms. The first-order valence-corrected chi connectivity index (χ1v) is 6.95. The summed E-state index contributed by atoms with van der Waals surface area (Å²) in [7, 11) is 0. The first-order chi connectivity index (χ1) is 9.08. The van der Waals surface area contributed by atoms with Gasteiger partial charge in [0.05, 0.1) is 0 Å². The number of hydrogen-bond donors (Lipinski definition) is 2. The van der Waals surface area contributed by atoms with E-state index in [1.807, 2.05) is 25.1 Å². The van der Waals surface area contributed by atoms with Crippen molar-refractivity contribution in [1.29, 1.82) is 0 Å². The fourth-order valence-electron chi connectivity index (χ4n) is 2.01. The number of anilines is 2. The Bertz CT molecular complexity index is 418. The Morgan fingerprint density at radius 3 is 2.68 bits per heavy atom. The predicted molar refractivity (Wildman–Crippen MR) is 81.2 cm³/mol. The molecule has 0 fully saturated rings. The first kappa shape index (κ1) is 15.5. The highest BCUT2D eigenvalue weighted by atomic mass is 16.1. The molecule has 0 aliphatic rings. The molecule has 4 heteroatoms. The predicted octanol–water partition coefficient (Wildman–Crippen LogP) is 2.64. The van der Waals surface area contributed by atoms with Crippen molar-refractivity contribution >= 4 is 17.3 Å². The third-order valence-corrected chi connectivity index (χ3v) is 3.29. The second-order valence-corrected chi connectivity index (χ2v) is 4.75. The lowest BCUT2D eigenvalue weighted by Gasteiger charge is -2.19. The topological polar surface area (TPSA) is 58.4 Å². The molecule has 0 saturated heterocycles. The quantitative estimate of drug-likeness (QED) is 0.743. The maximum absolute atomic E-state index is 11.9. The second kappa shape index (κ2) is 7.79. The molecule has 1 rings (SSSR count). The van der Waals surface area contributed by atoms with Crippen LogP contribution in [-0.2, 0) is 4.79 Å². The molecule has 0 atom stereocenters. The number of nitrogens with two attached hydrogens (primary N) is 1. The van der Waals surface area contributed by atoms with Crippen molar-refractivity contribution in [3.63, 3.8) is 0 Å². The van der Waals surface area contributed by atoms with Crippen molar-refractivity contribution in [1.82, 2.24) is 4.90 Å². The summed E-state index contributed by atoms with van der Waals surface area (Å²) < 4.78 is 0. The van der Waals surface area contributed by atoms with Gasteiger partial charge in [0.2, 0.25) is 5.91 Å². The maximum Gasteiger partial charge on any atom is 0.225 e. The summed E-state index contributed by atoms with van der Waals surface area (Å²) in [6.45, 7) is 9.02. The summed E-state index contributed by atoms with van der Waals surface area (Å²) in [5.41, 5.74) is 8.26. The third-order valence-electron chi connectivity index (χ3n) is 3.29. The van der Waals surface area contributed by atoms with E-state index >= 15 is 0 Å². The van der Waals surface area contributed by atoms with Gasteiger partial charge in [-0.2, -0.15) is 0 Å². The molecule has 3 N–H and O–H groups in total. The van der Waals surface area contributed by atoms with Gasteiger partial charge in [0.15, 0.2) is 0 Å². The van der Waals surface area contributed by atoms with Crippen LogP contribution in [0.15, 0.2) is 18.2 Å². The van der Waals surface area contributed by atoms with Crippen molar-refractivity contribution in [3.8, 4) is 0 Å². The van der Waals surface area contributed by atoms with Gasteiger partial charge in [-0.05, 0) is 44.1 Å². The fourth-order valence-corrected chi connectivity index (χ4v) is 2.01. The first-order valence-electron chi connectivity index (χ1n) is 6.95. The van der Waals surface area contributed by atoms with Gasteiger partial charge < -0.3 is 16.0 Å². The maximum atomic E-state index is 11.9. The number of nitrogens with zero attached hydrogens (tertiary/aromatic N) is 1. The largest absolute Gasteiger partial charge is 0.398 e. The monoisotopic (exact) mass is 263 g/mol. The van der Waals surface area contributed by atoms with Gasteiger partial charge in [-0.1, -0.05) is 19.9 Å². The van der Waals surface area contributed by atoms with Gasteiger partial charge >= 0.3 is 0 Å². The smallest absolute Gasteiger partial charge is 0.225 e. The van der Waals surface area contributed by atoms with Crippen LogP contribution in [-0.4, -0.2) is 30.4 Å². The summed E-state index contributed by atoms with van der Waals surface area (Å²) >= 11 is 0. The van der Waals surface area contributed by atoms with Crippen LogP contribution >= 0.6 is 0 Å². The summed E-state index contributed by atoms with van der Waals surface area (Å²) in [6.07, 6.45) is 1.63. The van der Waals surface area contributed by atoms with Crippen molar-refractivity contribution in [2.24, 2.45) is 0 Å². The Hall–Kier alpha value is -1.55. The van der Waals surface area contributed by atoms with Crippen molar-refractivity contribution < 1.29 is 4.79 Å². The molecule has 1 aromatic rings. The minimum Gasteiger partial charge on any atom is -0.398 e. The van der Waals surface area contributed by atoms with E-state index in [9.17, 15) is 4.79 Å². The van der Waals surface area contributed by atoms with Gasteiger partial charge in [-0.15, -0.1) is 0 Å². The standard InChI is InChI=1S/C15H25N3O/c1-4-10-18(5-2)11-9-15(19)17-14-8-6-7-13(16)12(14)3/h6-8H,4-5,9-11,16H2,1-3H3,(H,17,19). The van der Waals surface area contributed by atoms with E-state index in [0.717, 1.165) is 37.3 Å². The van der Waals surface area contributed by atoms with E-state index in [4.69, 9.17) is 5.73 Å². The Balaban J connectivity index is 2.49. The lowest BCUT2D eigenvalue weighted by Crippen LogP contribution is -2.28. The lowest BCUT2D eigenvalue weighted by atomic mass is 10.1. The molecule has 4 nitrogen and oxygen atoms in total. The second-order valence-electron chi connectivity index (χ2n) is 4.75. The van der Waals surface area contributed by atoms with Gasteiger partial charge in [-0.3, -0.25) is 4.79 Å². The highest BCUT2D eigenvalue weighted by Gasteiger charge is 2.08. The van der Waals surface area contributed by atoms with Crippen molar-refractivity contribution in [2.45, 2.75) is 33.6 Å². The third kappa shape index (κ3) is 4.91. The highest BCUT2D eigenvalue weighted by molar-refractivity contribution is 5.92. The van der Waals surface area contributed by atoms with E-state index in [0.29, 0.717) is 12.1 Å². The van der Waals surface area contributed by atoms with Crippen LogP contribution in [0.2, 0.25) is 0 Å². The molecule has 0 aromatic heterocycles. The fraction of sp³-hybridized carbons (Fsp3) is 0.533. The zero-order valence-electron chi connectivity index (χ0n) is 12.2. The average molecular weight is 263 g/mol. The van der Waals surface area contributed by atoms with Gasteiger partial charge in [0.1, 0.15) is 0 Å². The Morgan fingerprint density at radius 2 is 2.05 bits per heavy atom. The molecule has 1 aromatic carbocycles. The van der Waals surface area contributed by atoms with Gasteiger partial charge in [-0.25, -0.2) is 0 Å². The number of nitrogens with one attached hydrogen (secondary N) is 1. The number of carbonyl (C=O) groups excluding carboxylic acids is 1. The molecule has 0 heterocycles. The van der Waals surface area contributed by atoms with E-state index in [1.165, 1.54) is 0 Å². The van der Waals surface area contributed by atoms with Crippen molar-refractivity contribution in [2.75, 3.05) is 30.7 Å². The van der Waals surface area contributed by atoms with Crippen LogP contribution in [0, 0.1) is 6.92 Å². The van der Waals surface area contributed by atoms with E-state index in [2.05, 4.69) is 24.1 Å². The highest BCUT2D eigenvalue weighted by Crippen LogP contribution is 2.20. The van der Waals surface area contributed by atoms with E-state index in [1.54, 1.807) is 0 Å². The minimum absolute atomic E-state index is 0.0447. The zero-order chi connectivity index (χ0) is 14.3. The van der Waals surface area contributed by atoms with Crippen LogP contribution < -0.4 is 11.1 Å². The number of benzene rings is 1. The molecule has 0 bridgehead atoms. The van der Waals surface area contributed by atoms with Crippen LogP contribution in [0.5, 0.6) is 0 Å². The number of hydrogen-bond acceptors (Lipinski definition) is 3. The zero-order valence-corrected chi connectivity index (χ0v) is 12.2. The molecular formula is C15H25N3O. The molecule has 0 aliphatic heterocycles. The Labute approximate surface area is 116 Å². The molecule has 0 unspecified atom stereocenters. The van der Waals surface area contributed by atoms with Gasteiger partial charge in [0, 0.05) is 24.3 Å². The Kier molecular flexibility index (Phi) is 6.36. The lowest BCUT2D eigenvalue weighted by molar-refractivity contribution is -0.116. The number of amides is 1. The average Bonchev–Trinajstić information content (AvgIpc) is 2.40. The SMILES string of the molecule is CCCN(CC)CCC(=O)Nc1cccc(N)c1C. The molecule has 0 radical (unpaired) electrons. The molecule has 0 saturated carbocycles. The number of nitrogen functional groups attached to an aromatic ring is 1.